The first kappa shape index (κ1) is 11.3. The van der Waals surface area contributed by atoms with E-state index in [4.69, 9.17) is 0 Å². The second-order valence-electron chi connectivity index (χ2n) is 3.13. The minimum atomic E-state index is -2.70. The van der Waals surface area contributed by atoms with Gasteiger partial charge in [0.15, 0.2) is 0 Å². The number of alkyl halides is 2. The zero-order valence-electron chi connectivity index (χ0n) is 7.14. The summed E-state index contributed by atoms with van der Waals surface area (Å²) in [6.07, 6.45) is 0. The largest absolute Gasteiger partial charge is 0.299 e. The Kier molecular flexibility index (Phi) is 3.07. The topological polar surface area (TPSA) is 12.0 Å². The Morgan fingerprint density at radius 1 is 1.21 bits per heavy atom. The summed E-state index contributed by atoms with van der Waals surface area (Å²) in [6, 6.07) is 4.17. The standard InChI is InChI=1S/C9H8F3N.ClH/c10-7-3-1-6(2-4-7)8-9(11,12)5-13-8;/h1-4,8,13H,5H2;1H. The maximum atomic E-state index is 12.8. The minimum Gasteiger partial charge on any atom is -0.299 e. The zero-order valence-corrected chi connectivity index (χ0v) is 7.95. The second-order valence-corrected chi connectivity index (χ2v) is 3.13. The van der Waals surface area contributed by atoms with Crippen molar-refractivity contribution < 1.29 is 13.2 Å². The number of rotatable bonds is 1. The predicted molar refractivity (Wildman–Crippen MR) is 49.3 cm³/mol. The zero-order chi connectivity index (χ0) is 9.47. The van der Waals surface area contributed by atoms with Gasteiger partial charge in [-0.25, -0.2) is 13.2 Å². The molecule has 1 aromatic rings. The number of benzene rings is 1. The second kappa shape index (κ2) is 3.79. The van der Waals surface area contributed by atoms with Crippen LogP contribution in [0.25, 0.3) is 0 Å². The summed E-state index contributed by atoms with van der Waals surface area (Å²) >= 11 is 0. The van der Waals surface area contributed by atoms with E-state index < -0.39 is 17.8 Å². The molecule has 0 radical (unpaired) electrons. The van der Waals surface area contributed by atoms with E-state index >= 15 is 0 Å². The molecule has 0 spiro atoms. The van der Waals surface area contributed by atoms with Crippen LogP contribution in [0.2, 0.25) is 0 Å². The van der Waals surface area contributed by atoms with Gasteiger partial charge in [0, 0.05) is 0 Å². The highest BCUT2D eigenvalue weighted by molar-refractivity contribution is 5.85. The maximum Gasteiger partial charge on any atom is 0.279 e. The molecular formula is C9H9ClF3N. The molecule has 1 nitrogen and oxygen atoms in total. The van der Waals surface area contributed by atoms with Crippen LogP contribution in [0, 0.1) is 5.82 Å². The molecule has 78 valence electrons. The Morgan fingerprint density at radius 3 is 2.14 bits per heavy atom. The van der Waals surface area contributed by atoms with Gasteiger partial charge in [-0.2, -0.15) is 0 Å². The Hall–Kier alpha value is -0.740. The highest BCUT2D eigenvalue weighted by atomic mass is 35.5. The molecule has 0 saturated carbocycles. The van der Waals surface area contributed by atoms with Crippen molar-refractivity contribution >= 4 is 12.4 Å². The van der Waals surface area contributed by atoms with Gasteiger partial charge in [-0.15, -0.1) is 12.4 Å². The van der Waals surface area contributed by atoms with E-state index in [0.29, 0.717) is 5.56 Å². The van der Waals surface area contributed by atoms with Gasteiger partial charge in [0.25, 0.3) is 5.92 Å². The molecule has 1 unspecified atom stereocenters. The fourth-order valence-electron chi connectivity index (χ4n) is 1.38. The van der Waals surface area contributed by atoms with E-state index in [1.165, 1.54) is 24.3 Å². The van der Waals surface area contributed by atoms with Gasteiger partial charge in [0.1, 0.15) is 5.82 Å². The summed E-state index contributed by atoms with van der Waals surface area (Å²) in [6.45, 7) is -0.297. The summed E-state index contributed by atoms with van der Waals surface area (Å²) in [5.74, 6) is -3.11. The van der Waals surface area contributed by atoms with Crippen LogP contribution in [0.1, 0.15) is 11.6 Å². The van der Waals surface area contributed by atoms with Gasteiger partial charge in [0.2, 0.25) is 0 Å². The van der Waals surface area contributed by atoms with Crippen LogP contribution >= 0.6 is 12.4 Å². The lowest BCUT2D eigenvalue weighted by Gasteiger charge is -2.37. The molecule has 5 heteroatoms. The van der Waals surface area contributed by atoms with Gasteiger partial charge in [-0.05, 0) is 17.7 Å². The quantitative estimate of drug-likeness (QED) is 0.772. The molecule has 1 saturated heterocycles. The van der Waals surface area contributed by atoms with Crippen LogP contribution in [-0.4, -0.2) is 12.5 Å². The number of nitrogens with one attached hydrogen (secondary N) is 1. The first-order valence-electron chi connectivity index (χ1n) is 3.96. The lowest BCUT2D eigenvalue weighted by Crippen LogP contribution is -2.55. The third-order valence-corrected chi connectivity index (χ3v) is 2.17. The van der Waals surface area contributed by atoms with Crippen LogP contribution in [0.15, 0.2) is 24.3 Å². The van der Waals surface area contributed by atoms with Crippen LogP contribution in [0.4, 0.5) is 13.2 Å². The normalized spacial score (nSPS) is 23.5. The molecular weight excluding hydrogens is 215 g/mol. The monoisotopic (exact) mass is 223 g/mol. The lowest BCUT2D eigenvalue weighted by molar-refractivity contribution is -0.0970. The van der Waals surface area contributed by atoms with E-state index in [1.54, 1.807) is 0 Å². The molecule has 2 rings (SSSR count). The maximum absolute atomic E-state index is 12.8. The first-order valence-corrected chi connectivity index (χ1v) is 3.96. The smallest absolute Gasteiger partial charge is 0.279 e. The Balaban J connectivity index is 0.000000980. The van der Waals surface area contributed by atoms with Gasteiger partial charge in [-0.1, -0.05) is 12.1 Å². The van der Waals surface area contributed by atoms with Gasteiger partial charge >= 0.3 is 0 Å². The SMILES string of the molecule is Cl.Fc1ccc(C2NCC2(F)F)cc1. The average Bonchev–Trinajstić information content (AvgIpc) is 2.07. The molecule has 1 fully saturated rings. The summed E-state index contributed by atoms with van der Waals surface area (Å²) in [7, 11) is 0. The molecule has 1 aliphatic heterocycles. The molecule has 0 bridgehead atoms. The number of hydrogen-bond donors (Lipinski definition) is 1. The average molecular weight is 224 g/mol. The van der Waals surface area contributed by atoms with E-state index in [-0.39, 0.29) is 19.0 Å². The highest BCUT2D eigenvalue weighted by Crippen LogP contribution is 2.37. The summed E-state index contributed by atoms with van der Waals surface area (Å²) < 4.78 is 38.1. The molecule has 0 aliphatic carbocycles. The first-order chi connectivity index (χ1) is 6.09. The number of hydrogen-bond acceptors (Lipinski definition) is 1. The molecule has 1 atom stereocenters. The molecule has 1 aliphatic rings. The van der Waals surface area contributed by atoms with Crippen LogP contribution in [-0.2, 0) is 0 Å². The Labute approximate surface area is 85.7 Å². The van der Waals surface area contributed by atoms with Crippen molar-refractivity contribution in [2.24, 2.45) is 0 Å². The number of halogens is 4. The minimum absolute atomic E-state index is 0. The van der Waals surface area contributed by atoms with Crippen LogP contribution in [0.5, 0.6) is 0 Å². The van der Waals surface area contributed by atoms with E-state index in [2.05, 4.69) is 5.32 Å². The van der Waals surface area contributed by atoms with E-state index in [9.17, 15) is 13.2 Å². The van der Waals surface area contributed by atoms with Crippen LogP contribution < -0.4 is 5.32 Å². The van der Waals surface area contributed by atoms with Crippen molar-refractivity contribution in [1.82, 2.24) is 5.32 Å². The highest BCUT2D eigenvalue weighted by Gasteiger charge is 2.48. The Bertz CT molecular complexity index is 312. The molecule has 14 heavy (non-hydrogen) atoms. The molecule has 1 aromatic carbocycles. The molecule has 0 amide bonds. The molecule has 1 N–H and O–H groups in total. The van der Waals surface area contributed by atoms with Crippen molar-refractivity contribution in [3.8, 4) is 0 Å². The fourth-order valence-corrected chi connectivity index (χ4v) is 1.38. The van der Waals surface area contributed by atoms with Gasteiger partial charge in [-0.3, -0.25) is 5.32 Å². The van der Waals surface area contributed by atoms with E-state index in [0.717, 1.165) is 0 Å². The third-order valence-electron chi connectivity index (χ3n) is 2.17. The molecule has 0 aromatic heterocycles. The fraction of sp³-hybridized carbons (Fsp3) is 0.333. The summed E-state index contributed by atoms with van der Waals surface area (Å²) in [4.78, 5) is 0. The van der Waals surface area contributed by atoms with E-state index in [1.807, 2.05) is 0 Å². The lowest BCUT2D eigenvalue weighted by atomic mass is 9.94. The van der Waals surface area contributed by atoms with Gasteiger partial charge in [0.05, 0.1) is 12.6 Å². The summed E-state index contributed by atoms with van der Waals surface area (Å²) in [5, 5.41) is 2.60. The van der Waals surface area contributed by atoms with Crippen molar-refractivity contribution in [1.29, 1.82) is 0 Å². The predicted octanol–water partition coefficient (Wildman–Crippen LogP) is 2.53. The van der Waals surface area contributed by atoms with Crippen molar-refractivity contribution in [2.75, 3.05) is 6.54 Å². The van der Waals surface area contributed by atoms with Crippen LogP contribution in [0.3, 0.4) is 0 Å². The summed E-state index contributed by atoms with van der Waals surface area (Å²) in [5.41, 5.74) is 0.428. The van der Waals surface area contributed by atoms with Gasteiger partial charge < -0.3 is 0 Å². The Morgan fingerprint density at radius 2 is 1.79 bits per heavy atom. The van der Waals surface area contributed by atoms with Crippen molar-refractivity contribution in [3.63, 3.8) is 0 Å². The van der Waals surface area contributed by atoms with Crippen molar-refractivity contribution in [3.05, 3.63) is 35.6 Å². The third kappa shape index (κ3) is 1.86. The molecule has 1 heterocycles. The van der Waals surface area contributed by atoms with Crippen molar-refractivity contribution in [2.45, 2.75) is 12.0 Å².